The first kappa shape index (κ1) is 23.9. The molecule has 2 rings (SSSR count). The molecular weight excluding hydrogens is 425 g/mol. The lowest BCUT2D eigenvalue weighted by molar-refractivity contribution is -0.129. The quantitative estimate of drug-likeness (QED) is 0.549. The fraction of sp³-hybridized carbons (Fsp3) is 0.348. The highest BCUT2D eigenvalue weighted by atomic mass is 35.5. The molecule has 2 N–H and O–H groups in total. The van der Waals surface area contributed by atoms with Crippen molar-refractivity contribution in [1.29, 1.82) is 0 Å². The van der Waals surface area contributed by atoms with E-state index in [2.05, 4.69) is 24.1 Å². The first-order chi connectivity index (χ1) is 14.5. The van der Waals surface area contributed by atoms with Gasteiger partial charge in [0.1, 0.15) is 6.61 Å². The largest absolute Gasteiger partial charge is 0.493 e. The van der Waals surface area contributed by atoms with Gasteiger partial charge in [-0.05, 0) is 48.2 Å². The number of rotatable bonds is 9. The Balaban J connectivity index is 1.88. The fourth-order valence-electron chi connectivity index (χ4n) is 2.63. The van der Waals surface area contributed by atoms with Crippen LogP contribution in [0.1, 0.15) is 37.0 Å². The molecule has 2 aromatic carbocycles. The molecule has 0 saturated heterocycles. The van der Waals surface area contributed by atoms with E-state index in [1.807, 2.05) is 18.2 Å². The van der Waals surface area contributed by atoms with Crippen LogP contribution >= 0.6 is 23.2 Å². The van der Waals surface area contributed by atoms with Crippen LogP contribution in [0.5, 0.6) is 11.5 Å². The highest BCUT2D eigenvalue weighted by Gasteiger charge is 2.18. The van der Waals surface area contributed by atoms with Crippen molar-refractivity contribution < 1.29 is 19.4 Å². The number of nitrogens with one attached hydrogen (secondary N) is 1. The first-order valence-electron chi connectivity index (χ1n) is 9.62. The van der Waals surface area contributed by atoms with Gasteiger partial charge < -0.3 is 19.9 Å². The molecule has 0 saturated carbocycles. The zero-order valence-electron chi connectivity index (χ0n) is 17.0. The summed E-state index contributed by atoms with van der Waals surface area (Å²) in [7, 11) is 1.57. The second kappa shape index (κ2) is 12.3. The molecule has 1 unspecified atom stereocenters. The van der Waals surface area contributed by atoms with Crippen LogP contribution in [0.2, 0.25) is 10.0 Å². The smallest absolute Gasteiger partial charge is 0.253 e. The number of aliphatic hydroxyl groups excluding tert-OH is 1. The van der Waals surface area contributed by atoms with Crippen LogP contribution in [0.15, 0.2) is 36.4 Å². The Labute approximate surface area is 187 Å². The van der Waals surface area contributed by atoms with Gasteiger partial charge in [-0.1, -0.05) is 54.1 Å². The third-order valence-electron chi connectivity index (χ3n) is 4.25. The van der Waals surface area contributed by atoms with Crippen molar-refractivity contribution in [2.75, 3.05) is 20.3 Å². The summed E-state index contributed by atoms with van der Waals surface area (Å²) >= 11 is 11.8. The lowest BCUT2D eigenvalue weighted by Gasteiger charge is -2.13. The first-order valence-corrected chi connectivity index (χ1v) is 10.4. The number of carbonyl (C=O) groups is 1. The molecule has 0 heterocycles. The predicted molar refractivity (Wildman–Crippen MR) is 119 cm³/mol. The number of ether oxygens (including phenoxy) is 2. The molecule has 0 aliphatic carbocycles. The topological polar surface area (TPSA) is 67.8 Å². The van der Waals surface area contributed by atoms with Gasteiger partial charge in [-0.25, -0.2) is 0 Å². The molecule has 0 radical (unpaired) electrons. The maximum absolute atomic E-state index is 12.2. The molecule has 1 amide bonds. The van der Waals surface area contributed by atoms with E-state index in [1.165, 1.54) is 6.07 Å². The summed E-state index contributed by atoms with van der Waals surface area (Å²) in [6.45, 7) is 2.73. The molecule has 0 spiro atoms. The molecule has 0 aliphatic heterocycles. The number of carbonyl (C=O) groups excluding carboxylic acids is 1. The number of halogens is 2. The standard InChI is InChI=1S/C23H25Cl2NO4/c1-3-4-5-6-13-30-20-10-7-16(14-21(20)29-2)11-12-26-23(28)22(27)17-8-9-18(24)19(25)15-17/h7-10,14-15,22,27H,3-4,11-13H2,1-2H3,(H,26,28). The van der Waals surface area contributed by atoms with Crippen LogP contribution < -0.4 is 14.8 Å². The minimum atomic E-state index is -1.32. The number of benzene rings is 2. The number of hydrogen-bond donors (Lipinski definition) is 2. The summed E-state index contributed by atoms with van der Waals surface area (Å²) < 4.78 is 11.0. The number of amides is 1. The van der Waals surface area contributed by atoms with Gasteiger partial charge in [-0.2, -0.15) is 0 Å². The normalized spacial score (nSPS) is 11.2. The zero-order valence-corrected chi connectivity index (χ0v) is 18.5. The summed E-state index contributed by atoms with van der Waals surface area (Å²) in [6.07, 6.45) is 1.11. The molecule has 0 fully saturated rings. The third kappa shape index (κ3) is 7.14. The Kier molecular flexibility index (Phi) is 9.82. The summed E-state index contributed by atoms with van der Waals surface area (Å²) in [5.41, 5.74) is 1.34. The van der Waals surface area contributed by atoms with Gasteiger partial charge in [0, 0.05) is 13.0 Å². The van der Waals surface area contributed by atoms with E-state index in [-0.39, 0.29) is 5.02 Å². The highest BCUT2D eigenvalue weighted by Crippen LogP contribution is 2.28. The van der Waals surface area contributed by atoms with Crippen LogP contribution in [0.4, 0.5) is 0 Å². The maximum Gasteiger partial charge on any atom is 0.253 e. The molecule has 160 valence electrons. The summed E-state index contributed by atoms with van der Waals surface area (Å²) in [6, 6.07) is 10.2. The van der Waals surface area contributed by atoms with Gasteiger partial charge in [0.25, 0.3) is 5.91 Å². The summed E-state index contributed by atoms with van der Waals surface area (Å²) in [4.78, 5) is 12.2. The molecule has 7 heteroatoms. The van der Waals surface area contributed by atoms with Crippen molar-refractivity contribution in [3.05, 3.63) is 57.6 Å². The van der Waals surface area contributed by atoms with Crippen molar-refractivity contribution in [3.63, 3.8) is 0 Å². The van der Waals surface area contributed by atoms with Crippen molar-refractivity contribution in [3.8, 4) is 23.3 Å². The van der Waals surface area contributed by atoms with Gasteiger partial charge >= 0.3 is 0 Å². The Morgan fingerprint density at radius 2 is 1.93 bits per heavy atom. The van der Waals surface area contributed by atoms with E-state index in [9.17, 15) is 9.90 Å². The van der Waals surface area contributed by atoms with Crippen molar-refractivity contribution in [2.45, 2.75) is 32.3 Å². The van der Waals surface area contributed by atoms with E-state index >= 15 is 0 Å². The lowest BCUT2D eigenvalue weighted by Crippen LogP contribution is -2.31. The molecule has 30 heavy (non-hydrogen) atoms. The lowest BCUT2D eigenvalue weighted by atomic mass is 10.1. The average molecular weight is 450 g/mol. The van der Waals surface area contributed by atoms with E-state index in [0.717, 1.165) is 18.4 Å². The van der Waals surface area contributed by atoms with Gasteiger partial charge in [-0.3, -0.25) is 4.79 Å². The third-order valence-corrected chi connectivity index (χ3v) is 4.99. The Hall–Kier alpha value is -2.39. The molecule has 0 aliphatic rings. The minimum absolute atomic E-state index is 0.284. The van der Waals surface area contributed by atoms with Crippen LogP contribution in [0, 0.1) is 11.8 Å². The minimum Gasteiger partial charge on any atom is -0.493 e. The molecule has 0 aromatic heterocycles. The molecule has 2 aromatic rings. The number of methoxy groups -OCH3 is 1. The van der Waals surface area contributed by atoms with Gasteiger partial charge in [0.05, 0.1) is 17.2 Å². The van der Waals surface area contributed by atoms with Gasteiger partial charge in [-0.15, -0.1) is 0 Å². The van der Waals surface area contributed by atoms with Crippen LogP contribution in [0.3, 0.4) is 0 Å². The molecule has 0 bridgehead atoms. The van der Waals surface area contributed by atoms with Gasteiger partial charge in [0.2, 0.25) is 0 Å². The Morgan fingerprint density at radius 1 is 1.13 bits per heavy atom. The van der Waals surface area contributed by atoms with Crippen LogP contribution in [-0.4, -0.2) is 31.3 Å². The molecular formula is C23H25Cl2NO4. The number of hydrogen-bond acceptors (Lipinski definition) is 4. The summed E-state index contributed by atoms with van der Waals surface area (Å²) in [5.74, 6) is 6.70. The van der Waals surface area contributed by atoms with Gasteiger partial charge in [0.15, 0.2) is 17.6 Å². The molecule has 5 nitrogen and oxygen atoms in total. The van der Waals surface area contributed by atoms with E-state index in [0.29, 0.717) is 41.7 Å². The predicted octanol–water partition coefficient (Wildman–Crippen LogP) is 4.58. The second-order valence-corrected chi connectivity index (χ2v) is 7.31. The van der Waals surface area contributed by atoms with E-state index < -0.39 is 12.0 Å². The SMILES string of the molecule is CCCC#CCOc1ccc(CCNC(=O)C(O)c2ccc(Cl)c(Cl)c2)cc1OC. The van der Waals surface area contributed by atoms with Crippen molar-refractivity contribution >= 4 is 29.1 Å². The van der Waals surface area contributed by atoms with E-state index in [4.69, 9.17) is 32.7 Å². The monoisotopic (exact) mass is 449 g/mol. The van der Waals surface area contributed by atoms with Crippen molar-refractivity contribution in [2.24, 2.45) is 0 Å². The highest BCUT2D eigenvalue weighted by molar-refractivity contribution is 6.42. The van der Waals surface area contributed by atoms with Crippen LogP contribution in [-0.2, 0) is 11.2 Å². The number of unbranched alkanes of at least 4 members (excludes halogenated alkanes) is 1. The zero-order chi connectivity index (χ0) is 21.9. The average Bonchev–Trinajstić information content (AvgIpc) is 2.75. The Morgan fingerprint density at radius 3 is 2.63 bits per heavy atom. The fourth-order valence-corrected chi connectivity index (χ4v) is 2.93. The second-order valence-electron chi connectivity index (χ2n) is 6.49. The summed E-state index contributed by atoms with van der Waals surface area (Å²) in [5, 5.41) is 13.6. The Bertz CT molecular complexity index is 921. The molecule has 1 atom stereocenters. The van der Waals surface area contributed by atoms with Crippen LogP contribution in [0.25, 0.3) is 0 Å². The van der Waals surface area contributed by atoms with Crippen molar-refractivity contribution in [1.82, 2.24) is 5.32 Å². The van der Waals surface area contributed by atoms with E-state index in [1.54, 1.807) is 19.2 Å². The number of aliphatic hydroxyl groups is 1. The maximum atomic E-state index is 12.2.